The summed E-state index contributed by atoms with van der Waals surface area (Å²) in [5.74, 6) is -0.0663. The molecule has 0 saturated heterocycles. The third-order valence-electron chi connectivity index (χ3n) is 4.14. The van der Waals surface area contributed by atoms with Gasteiger partial charge >= 0.3 is 0 Å². The number of fused-ring (bicyclic) bond motifs is 1. The van der Waals surface area contributed by atoms with Gasteiger partial charge in [-0.1, -0.05) is 53.8 Å². The first-order valence-corrected chi connectivity index (χ1v) is 10.0. The summed E-state index contributed by atoms with van der Waals surface area (Å²) >= 11 is 3.74. The number of nitrogens with zero attached hydrogens (tertiary/aromatic N) is 2. The Kier molecular flexibility index (Phi) is 4.74. The summed E-state index contributed by atoms with van der Waals surface area (Å²) in [5, 5.41) is 0.685. The van der Waals surface area contributed by atoms with Crippen LogP contribution in [-0.4, -0.2) is 10.9 Å². The summed E-state index contributed by atoms with van der Waals surface area (Å²) in [5.41, 5.74) is 3.47. The molecule has 4 aromatic rings. The summed E-state index contributed by atoms with van der Waals surface area (Å²) < 4.78 is 1.99. The average molecular weight is 470 g/mol. The van der Waals surface area contributed by atoms with E-state index in [-0.39, 0.29) is 5.91 Å². The molecule has 128 valence electrons. The molecule has 1 heterocycles. The molecule has 0 spiro atoms. The third-order valence-corrected chi connectivity index (χ3v) is 6.10. The zero-order valence-electron chi connectivity index (χ0n) is 14.0. The topological polar surface area (TPSA) is 33.2 Å². The van der Waals surface area contributed by atoms with Crippen LogP contribution in [0, 0.1) is 10.5 Å². The predicted molar refractivity (Wildman–Crippen MR) is 116 cm³/mol. The molecule has 1 amide bonds. The van der Waals surface area contributed by atoms with Crippen LogP contribution in [0.1, 0.15) is 15.9 Å². The highest BCUT2D eigenvalue weighted by atomic mass is 127. The van der Waals surface area contributed by atoms with Crippen LogP contribution in [0.25, 0.3) is 10.2 Å². The van der Waals surface area contributed by atoms with Crippen molar-refractivity contribution in [3.63, 3.8) is 0 Å². The van der Waals surface area contributed by atoms with Gasteiger partial charge in [0.15, 0.2) is 5.13 Å². The van der Waals surface area contributed by atoms with Gasteiger partial charge in [-0.05, 0) is 65.4 Å². The highest BCUT2D eigenvalue weighted by Gasteiger charge is 2.25. The van der Waals surface area contributed by atoms with E-state index in [2.05, 4.69) is 22.6 Å². The lowest BCUT2D eigenvalue weighted by Gasteiger charge is -2.22. The Hall–Kier alpha value is -2.25. The van der Waals surface area contributed by atoms with Crippen molar-refractivity contribution in [2.45, 2.75) is 6.92 Å². The zero-order valence-corrected chi connectivity index (χ0v) is 17.0. The second kappa shape index (κ2) is 7.17. The molecule has 0 fully saturated rings. The number of aromatic nitrogens is 1. The van der Waals surface area contributed by atoms with Gasteiger partial charge in [0.25, 0.3) is 5.91 Å². The number of thiazole rings is 1. The van der Waals surface area contributed by atoms with Crippen molar-refractivity contribution in [3.05, 3.63) is 87.5 Å². The van der Waals surface area contributed by atoms with Crippen LogP contribution >= 0.6 is 33.9 Å². The van der Waals surface area contributed by atoms with Crippen molar-refractivity contribution in [3.8, 4) is 0 Å². The lowest BCUT2D eigenvalue weighted by Crippen LogP contribution is -2.27. The lowest BCUT2D eigenvalue weighted by atomic mass is 10.1. The summed E-state index contributed by atoms with van der Waals surface area (Å²) in [7, 11) is 0. The van der Waals surface area contributed by atoms with Gasteiger partial charge in [0.1, 0.15) is 0 Å². The molecule has 3 nitrogen and oxygen atoms in total. The molecule has 5 heteroatoms. The summed E-state index contributed by atoms with van der Waals surface area (Å²) in [6.07, 6.45) is 0. The Bertz CT molecular complexity index is 1070. The van der Waals surface area contributed by atoms with Crippen molar-refractivity contribution in [2.75, 3.05) is 4.90 Å². The Morgan fingerprint density at radius 1 is 0.962 bits per heavy atom. The number of aryl methyl sites for hydroxylation is 1. The van der Waals surface area contributed by atoms with Gasteiger partial charge < -0.3 is 0 Å². The number of carbonyl (C=O) groups is 1. The van der Waals surface area contributed by atoms with E-state index in [1.54, 1.807) is 4.90 Å². The van der Waals surface area contributed by atoms with E-state index in [0.29, 0.717) is 10.7 Å². The Balaban J connectivity index is 1.91. The number of para-hydroxylation sites is 2. The molecule has 0 unspecified atom stereocenters. The van der Waals surface area contributed by atoms with E-state index in [0.717, 1.165) is 25.0 Å². The molecule has 0 atom stereocenters. The number of halogens is 1. The number of amides is 1. The van der Waals surface area contributed by atoms with Crippen LogP contribution < -0.4 is 4.90 Å². The molecule has 0 N–H and O–H groups in total. The SMILES string of the molecule is Cc1ccccc1N(C(=O)c1ccccc1I)c1nc2ccccc2s1. The Morgan fingerprint density at radius 3 is 2.42 bits per heavy atom. The lowest BCUT2D eigenvalue weighted by molar-refractivity contribution is 0.0998. The highest BCUT2D eigenvalue weighted by Crippen LogP contribution is 2.36. The standard InChI is InChI=1S/C21H15IN2OS/c1-14-8-2-6-12-18(14)24(20(25)15-9-3-4-10-16(15)22)21-23-17-11-5-7-13-19(17)26-21/h2-13H,1H3. The van der Waals surface area contributed by atoms with Crippen molar-refractivity contribution in [2.24, 2.45) is 0 Å². The normalized spacial score (nSPS) is 10.8. The molecule has 0 aliphatic rings. The van der Waals surface area contributed by atoms with E-state index >= 15 is 0 Å². The van der Waals surface area contributed by atoms with Crippen molar-refractivity contribution in [1.29, 1.82) is 0 Å². The molecule has 0 aliphatic heterocycles. The van der Waals surface area contributed by atoms with Gasteiger partial charge in [-0.15, -0.1) is 0 Å². The second-order valence-corrected chi connectivity index (χ2v) is 8.04. The zero-order chi connectivity index (χ0) is 18.1. The molecule has 4 rings (SSSR count). The second-order valence-electron chi connectivity index (χ2n) is 5.87. The van der Waals surface area contributed by atoms with Crippen LogP contribution in [0.15, 0.2) is 72.8 Å². The van der Waals surface area contributed by atoms with Gasteiger partial charge in [-0.3, -0.25) is 9.69 Å². The largest absolute Gasteiger partial charge is 0.268 e. The monoisotopic (exact) mass is 470 g/mol. The van der Waals surface area contributed by atoms with Crippen LogP contribution in [0.5, 0.6) is 0 Å². The van der Waals surface area contributed by atoms with Gasteiger partial charge in [-0.2, -0.15) is 0 Å². The van der Waals surface area contributed by atoms with Crippen LogP contribution in [0.2, 0.25) is 0 Å². The fourth-order valence-electron chi connectivity index (χ4n) is 2.82. The Labute approximate surface area is 169 Å². The summed E-state index contributed by atoms with van der Waals surface area (Å²) in [6.45, 7) is 2.01. The Morgan fingerprint density at radius 2 is 1.65 bits per heavy atom. The van der Waals surface area contributed by atoms with Gasteiger partial charge in [0.2, 0.25) is 0 Å². The number of rotatable bonds is 3. The van der Waals surface area contributed by atoms with Gasteiger partial charge in [0.05, 0.1) is 21.5 Å². The molecule has 0 aliphatic carbocycles. The number of hydrogen-bond acceptors (Lipinski definition) is 3. The quantitative estimate of drug-likeness (QED) is 0.335. The fraction of sp³-hybridized carbons (Fsp3) is 0.0476. The molecule has 0 bridgehead atoms. The number of hydrogen-bond donors (Lipinski definition) is 0. The highest BCUT2D eigenvalue weighted by molar-refractivity contribution is 14.1. The smallest absolute Gasteiger partial charge is 0.265 e. The predicted octanol–water partition coefficient (Wildman–Crippen LogP) is 6.19. The van der Waals surface area contributed by atoms with E-state index < -0.39 is 0 Å². The minimum absolute atomic E-state index is 0.0663. The van der Waals surface area contributed by atoms with Crippen molar-refractivity contribution in [1.82, 2.24) is 4.98 Å². The minimum Gasteiger partial charge on any atom is -0.268 e. The summed E-state index contributed by atoms with van der Waals surface area (Å²) in [6, 6.07) is 23.5. The number of carbonyl (C=O) groups excluding carboxylic acids is 1. The average Bonchev–Trinajstić information content (AvgIpc) is 3.07. The first-order chi connectivity index (χ1) is 12.6. The van der Waals surface area contributed by atoms with Gasteiger partial charge in [-0.25, -0.2) is 4.98 Å². The third kappa shape index (κ3) is 3.12. The maximum absolute atomic E-state index is 13.5. The van der Waals surface area contributed by atoms with Crippen molar-refractivity contribution >= 4 is 60.9 Å². The molecule has 0 saturated carbocycles. The van der Waals surface area contributed by atoms with Gasteiger partial charge in [0, 0.05) is 3.57 Å². The molecule has 1 aromatic heterocycles. The molecular weight excluding hydrogens is 455 g/mol. The van der Waals surface area contributed by atoms with E-state index in [1.165, 1.54) is 11.3 Å². The van der Waals surface area contributed by atoms with E-state index in [1.807, 2.05) is 79.7 Å². The molecule has 26 heavy (non-hydrogen) atoms. The number of anilines is 2. The number of benzene rings is 3. The molecule has 3 aromatic carbocycles. The molecular formula is C21H15IN2OS. The van der Waals surface area contributed by atoms with Crippen molar-refractivity contribution < 1.29 is 4.79 Å². The van der Waals surface area contributed by atoms with Crippen LogP contribution in [-0.2, 0) is 0 Å². The fourth-order valence-corrected chi connectivity index (χ4v) is 4.42. The minimum atomic E-state index is -0.0663. The van der Waals surface area contributed by atoms with E-state index in [9.17, 15) is 4.79 Å². The van der Waals surface area contributed by atoms with E-state index in [4.69, 9.17) is 4.98 Å². The maximum atomic E-state index is 13.5. The van der Waals surface area contributed by atoms with Crippen LogP contribution in [0.4, 0.5) is 10.8 Å². The first kappa shape index (κ1) is 17.2. The first-order valence-electron chi connectivity index (χ1n) is 8.15. The maximum Gasteiger partial charge on any atom is 0.265 e. The van der Waals surface area contributed by atoms with Crippen LogP contribution in [0.3, 0.4) is 0 Å². The summed E-state index contributed by atoms with van der Waals surface area (Å²) in [4.78, 5) is 19.9. The molecule has 0 radical (unpaired) electrons.